The number of hydrogen-bond donors (Lipinski definition) is 4. The van der Waals surface area contributed by atoms with Gasteiger partial charge in [-0.2, -0.15) is 0 Å². The van der Waals surface area contributed by atoms with Crippen molar-refractivity contribution in [2.75, 3.05) is 18.1 Å². The summed E-state index contributed by atoms with van der Waals surface area (Å²) in [5.74, 6) is 0.0298. The van der Waals surface area contributed by atoms with Crippen LogP contribution in [0.5, 0.6) is 0 Å². The molecule has 5 N–H and O–H groups in total. The van der Waals surface area contributed by atoms with Crippen molar-refractivity contribution in [3.63, 3.8) is 0 Å². The molecule has 150 valence electrons. The second-order valence-electron chi connectivity index (χ2n) is 7.02. The Hall–Kier alpha value is -2.60. The Kier molecular flexibility index (Phi) is 4.54. The molecule has 0 aliphatic carbocycles. The number of hydrogen-bond acceptors (Lipinski definition) is 9. The van der Waals surface area contributed by atoms with Gasteiger partial charge in [-0.05, 0) is 12.8 Å². The molecule has 4 heterocycles. The first-order valence-corrected chi connectivity index (χ1v) is 8.96. The number of imidazole rings is 1. The van der Waals surface area contributed by atoms with Crippen LogP contribution in [0.2, 0.25) is 0 Å². The number of aromatic nitrogens is 4. The van der Waals surface area contributed by atoms with Crippen LogP contribution in [-0.2, 0) is 9.53 Å². The zero-order valence-corrected chi connectivity index (χ0v) is 15.0. The van der Waals surface area contributed by atoms with Crippen molar-refractivity contribution in [1.82, 2.24) is 19.5 Å². The number of aliphatic hydroxyl groups is 3. The number of aliphatic hydroxyl groups excluding tert-OH is 2. The molecule has 0 aromatic carbocycles. The Morgan fingerprint density at radius 2 is 2.25 bits per heavy atom. The second-order valence-corrected chi connectivity index (χ2v) is 7.02. The number of carbonyl (C=O) groups excluding carboxylic acids is 1. The van der Waals surface area contributed by atoms with Gasteiger partial charge < -0.3 is 30.7 Å². The van der Waals surface area contributed by atoms with Gasteiger partial charge in [-0.1, -0.05) is 12.7 Å². The van der Waals surface area contributed by atoms with Gasteiger partial charge in [0.05, 0.1) is 12.9 Å². The number of carbonyl (C=O) groups is 1. The minimum atomic E-state index is -1.85. The molecule has 2 unspecified atom stereocenters. The average molecular weight is 390 g/mol. The summed E-state index contributed by atoms with van der Waals surface area (Å²) in [4.78, 5) is 26.4. The summed E-state index contributed by atoms with van der Waals surface area (Å²) in [6.07, 6.45) is 1.87. The highest BCUT2D eigenvalue weighted by Crippen LogP contribution is 2.41. The molecule has 2 aromatic heterocycles. The molecule has 0 radical (unpaired) electrons. The Morgan fingerprint density at radius 1 is 1.46 bits per heavy atom. The van der Waals surface area contributed by atoms with Gasteiger partial charge in [0.25, 0.3) is 0 Å². The lowest BCUT2D eigenvalue weighted by atomic mass is 9.94. The van der Waals surface area contributed by atoms with Gasteiger partial charge in [0.1, 0.15) is 24.6 Å². The Balaban J connectivity index is 1.79. The maximum atomic E-state index is 11.8. The first kappa shape index (κ1) is 18.7. The van der Waals surface area contributed by atoms with E-state index < -0.39 is 42.6 Å². The zero-order valence-electron chi connectivity index (χ0n) is 15.0. The van der Waals surface area contributed by atoms with Crippen LogP contribution >= 0.6 is 0 Å². The molecule has 2 aliphatic rings. The van der Waals surface area contributed by atoms with Crippen LogP contribution in [0.3, 0.4) is 0 Å². The molecular weight excluding hydrogens is 368 g/mol. The van der Waals surface area contributed by atoms with Crippen molar-refractivity contribution >= 4 is 22.9 Å². The molecule has 2 fully saturated rings. The summed E-state index contributed by atoms with van der Waals surface area (Å²) in [6, 6.07) is -0.475. The summed E-state index contributed by atoms with van der Waals surface area (Å²) in [5.41, 5.74) is 4.41. The van der Waals surface area contributed by atoms with Gasteiger partial charge >= 0.3 is 0 Å². The van der Waals surface area contributed by atoms with Crippen molar-refractivity contribution in [1.29, 1.82) is 0 Å². The molecule has 28 heavy (non-hydrogen) atoms. The monoisotopic (exact) mass is 390 g/mol. The van der Waals surface area contributed by atoms with Crippen LogP contribution in [0.4, 0.5) is 5.82 Å². The highest BCUT2D eigenvalue weighted by Gasteiger charge is 2.54. The quantitative estimate of drug-likeness (QED) is 0.443. The Morgan fingerprint density at radius 3 is 2.93 bits per heavy atom. The number of ether oxygens (including phenoxy) is 1. The van der Waals surface area contributed by atoms with Crippen molar-refractivity contribution in [2.24, 2.45) is 5.73 Å². The topological polar surface area (TPSA) is 160 Å². The van der Waals surface area contributed by atoms with E-state index in [-0.39, 0.29) is 0 Å². The van der Waals surface area contributed by atoms with Crippen LogP contribution in [0.1, 0.15) is 19.1 Å². The van der Waals surface area contributed by atoms with Gasteiger partial charge in [0.2, 0.25) is 5.91 Å². The molecule has 0 saturated carbocycles. The maximum absolute atomic E-state index is 11.8. The van der Waals surface area contributed by atoms with E-state index >= 15 is 0 Å². The summed E-state index contributed by atoms with van der Waals surface area (Å²) in [7, 11) is 0. The van der Waals surface area contributed by atoms with Crippen molar-refractivity contribution < 1.29 is 24.9 Å². The predicted octanol–water partition coefficient (Wildman–Crippen LogP) is -1.55. The Bertz CT molecular complexity index is 919. The number of nitrogens with two attached hydrogens (primary N) is 1. The fraction of sp³-hybridized carbons (Fsp3) is 0.529. The standard InChI is InChI=1S/C17H22N6O5/c1-2-17(27)12(25)10(6-24)28-16(17)23-8-21-11-14(19-7-20-15(11)23)22-5-3-4-9(22)13(18)26/h2,7-10,12,16,24-25,27H,1,3-6H2,(H2,18,26)/t9?,10-,12-,16?,17-/m1/s1. The second kappa shape index (κ2) is 6.78. The molecule has 11 nitrogen and oxygen atoms in total. The van der Waals surface area contributed by atoms with Crippen LogP contribution in [-0.4, -0.2) is 77.7 Å². The summed E-state index contributed by atoms with van der Waals surface area (Å²) < 4.78 is 7.11. The predicted molar refractivity (Wildman–Crippen MR) is 97.0 cm³/mol. The number of amides is 1. The maximum Gasteiger partial charge on any atom is 0.240 e. The summed E-state index contributed by atoms with van der Waals surface area (Å²) >= 11 is 0. The molecule has 2 aliphatic heterocycles. The molecule has 4 rings (SSSR count). The normalized spacial score (nSPS) is 32.9. The van der Waals surface area contributed by atoms with Gasteiger partial charge in [-0.25, -0.2) is 15.0 Å². The number of nitrogens with zero attached hydrogens (tertiary/aromatic N) is 5. The van der Waals surface area contributed by atoms with Crippen molar-refractivity contribution in [3.05, 3.63) is 25.3 Å². The molecule has 11 heteroatoms. The lowest BCUT2D eigenvalue weighted by molar-refractivity contribution is -0.119. The van der Waals surface area contributed by atoms with E-state index in [9.17, 15) is 20.1 Å². The van der Waals surface area contributed by atoms with Crippen molar-refractivity contribution in [3.8, 4) is 0 Å². The number of rotatable bonds is 5. The van der Waals surface area contributed by atoms with E-state index in [0.717, 1.165) is 6.42 Å². The largest absolute Gasteiger partial charge is 0.394 e. The smallest absolute Gasteiger partial charge is 0.240 e. The molecular formula is C17H22N6O5. The van der Waals surface area contributed by atoms with E-state index in [1.165, 1.54) is 23.3 Å². The van der Waals surface area contributed by atoms with E-state index in [1.807, 2.05) is 0 Å². The minimum Gasteiger partial charge on any atom is -0.394 e. The van der Waals surface area contributed by atoms with Crippen molar-refractivity contribution in [2.45, 2.75) is 42.9 Å². The van der Waals surface area contributed by atoms with Crippen LogP contribution in [0.25, 0.3) is 11.2 Å². The lowest BCUT2D eigenvalue weighted by Gasteiger charge is -2.28. The van der Waals surface area contributed by atoms with E-state index in [0.29, 0.717) is 29.9 Å². The van der Waals surface area contributed by atoms with Crippen LogP contribution in [0, 0.1) is 0 Å². The first-order chi connectivity index (χ1) is 13.4. The lowest BCUT2D eigenvalue weighted by Crippen LogP contribution is -2.45. The Labute approximate surface area is 160 Å². The third-order valence-electron chi connectivity index (χ3n) is 5.48. The molecule has 1 amide bonds. The van der Waals surface area contributed by atoms with E-state index in [1.54, 1.807) is 4.90 Å². The number of fused-ring (bicyclic) bond motifs is 1. The molecule has 2 saturated heterocycles. The van der Waals surface area contributed by atoms with Crippen LogP contribution in [0.15, 0.2) is 25.3 Å². The van der Waals surface area contributed by atoms with E-state index in [2.05, 4.69) is 21.5 Å². The minimum absolute atomic E-state index is 0.344. The van der Waals surface area contributed by atoms with E-state index in [4.69, 9.17) is 10.5 Å². The van der Waals surface area contributed by atoms with Gasteiger partial charge in [0.15, 0.2) is 28.8 Å². The highest BCUT2D eigenvalue weighted by atomic mass is 16.6. The molecule has 2 aromatic rings. The number of anilines is 1. The molecule has 5 atom stereocenters. The summed E-state index contributed by atoms with van der Waals surface area (Å²) in [6.45, 7) is 3.71. The molecule has 0 bridgehead atoms. The van der Waals surface area contributed by atoms with Gasteiger partial charge in [0, 0.05) is 6.54 Å². The fourth-order valence-corrected chi connectivity index (χ4v) is 3.98. The van der Waals surface area contributed by atoms with Gasteiger partial charge in [-0.3, -0.25) is 9.36 Å². The third kappa shape index (κ3) is 2.58. The third-order valence-corrected chi connectivity index (χ3v) is 5.48. The van der Waals surface area contributed by atoms with Crippen LogP contribution < -0.4 is 10.6 Å². The average Bonchev–Trinajstić information content (AvgIpc) is 3.39. The summed E-state index contributed by atoms with van der Waals surface area (Å²) in [5, 5.41) is 30.7. The molecule has 0 spiro atoms. The first-order valence-electron chi connectivity index (χ1n) is 8.96. The SMILES string of the molecule is C=C[C@]1(O)C(n2cnc3c(N4CCCC4C(N)=O)ncnc32)O[C@H](CO)[C@H]1O. The number of primary amides is 1. The van der Waals surface area contributed by atoms with Gasteiger partial charge in [-0.15, -0.1) is 0 Å². The zero-order chi connectivity index (χ0) is 20.1. The highest BCUT2D eigenvalue weighted by molar-refractivity contribution is 5.89. The fourth-order valence-electron chi connectivity index (χ4n) is 3.98.